The number of halogens is 1. The van der Waals surface area contributed by atoms with Crippen LogP contribution in [0, 0.1) is 12.7 Å². The van der Waals surface area contributed by atoms with Crippen molar-refractivity contribution >= 4 is 34.0 Å². The molecule has 0 spiro atoms. The number of furan rings is 1. The second-order valence-electron chi connectivity index (χ2n) is 5.90. The van der Waals surface area contributed by atoms with Crippen molar-refractivity contribution in [2.24, 2.45) is 0 Å². The van der Waals surface area contributed by atoms with E-state index < -0.39 is 30.1 Å². The number of esters is 1. The summed E-state index contributed by atoms with van der Waals surface area (Å²) in [5, 5.41) is 3.06. The smallest absolute Gasteiger partial charge is 0.349 e. The highest BCUT2D eigenvalue weighted by molar-refractivity contribution is 7.18. The van der Waals surface area contributed by atoms with Crippen molar-refractivity contribution in [2.75, 3.05) is 19.0 Å². The van der Waals surface area contributed by atoms with Gasteiger partial charge in [0, 0.05) is 5.56 Å². The standard InChI is InChI=1S/C20H16FNO6S/c1-11-8-17(22-19(24)16-4-3-7-27-16)29-18(11)20(25)28-10-14(23)12-5-6-15(26-2)13(21)9-12/h3-9H,10H2,1-2H3,(H,22,24). The van der Waals surface area contributed by atoms with Crippen molar-refractivity contribution in [1.82, 2.24) is 0 Å². The van der Waals surface area contributed by atoms with Crippen LogP contribution >= 0.6 is 11.3 Å². The molecule has 0 radical (unpaired) electrons. The quantitative estimate of drug-likeness (QED) is 0.460. The summed E-state index contributed by atoms with van der Waals surface area (Å²) in [5.41, 5.74) is 0.642. The highest BCUT2D eigenvalue weighted by Gasteiger charge is 2.19. The lowest BCUT2D eigenvalue weighted by atomic mass is 10.1. The third-order valence-corrected chi connectivity index (χ3v) is 5.03. The monoisotopic (exact) mass is 417 g/mol. The van der Waals surface area contributed by atoms with Gasteiger partial charge in [0.25, 0.3) is 5.91 Å². The average Bonchev–Trinajstić information content (AvgIpc) is 3.35. The van der Waals surface area contributed by atoms with Crippen LogP contribution < -0.4 is 10.1 Å². The molecule has 3 rings (SSSR count). The predicted molar refractivity (Wildman–Crippen MR) is 103 cm³/mol. The van der Waals surface area contributed by atoms with Crippen molar-refractivity contribution in [3.63, 3.8) is 0 Å². The van der Waals surface area contributed by atoms with Gasteiger partial charge in [0.2, 0.25) is 0 Å². The lowest BCUT2D eigenvalue weighted by Gasteiger charge is -2.06. The number of nitrogens with one attached hydrogen (secondary N) is 1. The van der Waals surface area contributed by atoms with E-state index in [0.29, 0.717) is 10.6 Å². The van der Waals surface area contributed by atoms with Gasteiger partial charge in [-0.3, -0.25) is 9.59 Å². The van der Waals surface area contributed by atoms with E-state index in [1.54, 1.807) is 19.1 Å². The molecule has 0 aliphatic heterocycles. The Labute approximate surface area is 169 Å². The SMILES string of the molecule is COc1ccc(C(=O)COC(=O)c2sc(NC(=O)c3ccco3)cc2C)cc1F. The molecule has 0 atom stereocenters. The van der Waals surface area contributed by atoms with Crippen LogP contribution in [0.2, 0.25) is 0 Å². The van der Waals surface area contributed by atoms with E-state index in [-0.39, 0.29) is 22.0 Å². The zero-order chi connectivity index (χ0) is 21.0. The van der Waals surface area contributed by atoms with E-state index in [4.69, 9.17) is 13.9 Å². The maximum absolute atomic E-state index is 13.7. The van der Waals surface area contributed by atoms with Crippen LogP contribution in [0.15, 0.2) is 47.1 Å². The zero-order valence-electron chi connectivity index (χ0n) is 15.5. The minimum Gasteiger partial charge on any atom is -0.494 e. The number of hydrogen-bond donors (Lipinski definition) is 1. The third kappa shape index (κ3) is 4.69. The summed E-state index contributed by atoms with van der Waals surface area (Å²) >= 11 is 1.01. The van der Waals surface area contributed by atoms with E-state index in [2.05, 4.69) is 5.32 Å². The maximum Gasteiger partial charge on any atom is 0.349 e. The second kappa shape index (κ2) is 8.70. The summed E-state index contributed by atoms with van der Waals surface area (Å²) < 4.78 is 28.6. The van der Waals surface area contributed by atoms with E-state index in [9.17, 15) is 18.8 Å². The predicted octanol–water partition coefficient (Wildman–Crippen LogP) is 4.09. The molecule has 0 aliphatic rings. The summed E-state index contributed by atoms with van der Waals surface area (Å²) in [7, 11) is 1.32. The molecule has 3 aromatic rings. The summed E-state index contributed by atoms with van der Waals surface area (Å²) in [4.78, 5) is 36.7. The van der Waals surface area contributed by atoms with Crippen molar-refractivity contribution in [1.29, 1.82) is 0 Å². The van der Waals surface area contributed by atoms with Crippen LogP contribution in [-0.4, -0.2) is 31.4 Å². The first-order valence-electron chi connectivity index (χ1n) is 8.38. The summed E-state index contributed by atoms with van der Waals surface area (Å²) in [6.07, 6.45) is 1.38. The molecule has 2 heterocycles. The number of hydrogen-bond acceptors (Lipinski definition) is 7. The molecule has 7 nitrogen and oxygen atoms in total. The van der Waals surface area contributed by atoms with Gasteiger partial charge < -0.3 is 19.2 Å². The molecule has 29 heavy (non-hydrogen) atoms. The topological polar surface area (TPSA) is 94.8 Å². The van der Waals surface area contributed by atoms with Crippen molar-refractivity contribution in [3.05, 3.63) is 70.2 Å². The van der Waals surface area contributed by atoms with Crippen LogP contribution in [0.5, 0.6) is 5.75 Å². The van der Waals surface area contributed by atoms with Crippen LogP contribution in [0.25, 0.3) is 0 Å². The van der Waals surface area contributed by atoms with E-state index in [1.807, 2.05) is 0 Å². The Balaban J connectivity index is 1.62. The number of benzene rings is 1. The van der Waals surface area contributed by atoms with Gasteiger partial charge >= 0.3 is 5.97 Å². The number of thiophene rings is 1. The Morgan fingerprint density at radius 1 is 1.21 bits per heavy atom. The summed E-state index contributed by atoms with van der Waals surface area (Å²) in [5.74, 6) is -2.26. The highest BCUT2D eigenvalue weighted by Crippen LogP contribution is 2.28. The lowest BCUT2D eigenvalue weighted by Crippen LogP contribution is -2.14. The number of rotatable bonds is 7. The van der Waals surface area contributed by atoms with E-state index in [0.717, 1.165) is 17.4 Å². The van der Waals surface area contributed by atoms with E-state index in [1.165, 1.54) is 31.6 Å². The van der Waals surface area contributed by atoms with Gasteiger partial charge in [-0.05, 0) is 48.9 Å². The molecule has 9 heteroatoms. The van der Waals surface area contributed by atoms with E-state index >= 15 is 0 Å². The van der Waals surface area contributed by atoms with Crippen LogP contribution in [-0.2, 0) is 4.74 Å². The van der Waals surface area contributed by atoms with Gasteiger partial charge in [0.1, 0.15) is 4.88 Å². The minimum absolute atomic E-state index is 0.0110. The Kier molecular flexibility index (Phi) is 6.08. The number of amides is 1. The molecule has 0 saturated heterocycles. The fraction of sp³-hybridized carbons (Fsp3) is 0.150. The summed E-state index contributed by atoms with van der Waals surface area (Å²) in [6.45, 7) is 1.13. The molecule has 0 unspecified atom stereocenters. The van der Waals surface area contributed by atoms with Crippen molar-refractivity contribution in [3.8, 4) is 5.75 Å². The van der Waals surface area contributed by atoms with Crippen LogP contribution in [0.1, 0.15) is 36.1 Å². The Morgan fingerprint density at radius 3 is 2.66 bits per heavy atom. The lowest BCUT2D eigenvalue weighted by molar-refractivity contribution is 0.0479. The molecule has 0 saturated carbocycles. The van der Waals surface area contributed by atoms with Gasteiger partial charge in [-0.1, -0.05) is 0 Å². The number of anilines is 1. The van der Waals surface area contributed by atoms with Crippen LogP contribution in [0.3, 0.4) is 0 Å². The number of Topliss-reactive ketones (excluding diaryl/α,β-unsaturated/α-hetero) is 1. The molecule has 0 fully saturated rings. The maximum atomic E-state index is 13.7. The fourth-order valence-electron chi connectivity index (χ4n) is 2.45. The zero-order valence-corrected chi connectivity index (χ0v) is 16.3. The van der Waals surface area contributed by atoms with Crippen LogP contribution in [0.4, 0.5) is 9.39 Å². The number of carbonyl (C=O) groups is 3. The largest absolute Gasteiger partial charge is 0.494 e. The first-order chi connectivity index (χ1) is 13.9. The molecular weight excluding hydrogens is 401 g/mol. The number of carbonyl (C=O) groups excluding carboxylic acids is 3. The number of ketones is 1. The van der Waals surface area contributed by atoms with Gasteiger partial charge in [-0.2, -0.15) is 0 Å². The molecule has 1 aromatic carbocycles. The molecule has 1 amide bonds. The van der Waals surface area contributed by atoms with Gasteiger partial charge in [0.05, 0.1) is 18.4 Å². The fourth-order valence-corrected chi connectivity index (χ4v) is 3.41. The van der Waals surface area contributed by atoms with Gasteiger partial charge in [0.15, 0.2) is 29.7 Å². The minimum atomic E-state index is -0.715. The first kappa shape index (κ1) is 20.3. The number of methoxy groups -OCH3 is 1. The van der Waals surface area contributed by atoms with Crippen molar-refractivity contribution in [2.45, 2.75) is 6.92 Å². The second-order valence-corrected chi connectivity index (χ2v) is 6.96. The Morgan fingerprint density at radius 2 is 2.00 bits per heavy atom. The summed E-state index contributed by atoms with van der Waals surface area (Å²) in [6, 6.07) is 8.44. The number of ether oxygens (including phenoxy) is 2. The van der Waals surface area contributed by atoms with Gasteiger partial charge in [-0.25, -0.2) is 9.18 Å². The van der Waals surface area contributed by atoms with Gasteiger partial charge in [-0.15, -0.1) is 11.3 Å². The molecule has 0 bridgehead atoms. The highest BCUT2D eigenvalue weighted by atomic mass is 32.1. The third-order valence-electron chi connectivity index (χ3n) is 3.89. The number of aryl methyl sites for hydroxylation is 1. The Hall–Kier alpha value is -3.46. The molecule has 2 aromatic heterocycles. The first-order valence-corrected chi connectivity index (χ1v) is 9.20. The molecular formula is C20H16FNO6S. The van der Waals surface area contributed by atoms with Crippen molar-refractivity contribution < 1.29 is 32.7 Å². The average molecular weight is 417 g/mol. The normalized spacial score (nSPS) is 10.4. The molecule has 0 aliphatic carbocycles. The Bertz CT molecular complexity index is 1060. The molecule has 1 N–H and O–H groups in total. The molecule has 150 valence electrons.